The number of hydrogen-bond donors (Lipinski definition) is 9. The molecule has 4 unspecified atom stereocenters. The molecule has 1 heterocycles. The largest absolute Gasteiger partial charge is 0.507 e. The van der Waals surface area contributed by atoms with Gasteiger partial charge in [0.25, 0.3) is 0 Å². The number of aromatic hydroxyl groups is 2. The molecule has 0 radical (unpaired) electrons. The molecular weight excluding hydrogens is 624 g/mol. The van der Waals surface area contributed by atoms with E-state index in [-0.39, 0.29) is 40.6 Å². The molecule has 6 atom stereocenters. The highest BCUT2D eigenvalue weighted by Gasteiger charge is 2.50. The van der Waals surface area contributed by atoms with Gasteiger partial charge >= 0.3 is 10.4 Å². The van der Waals surface area contributed by atoms with Crippen molar-refractivity contribution in [1.29, 1.82) is 0 Å². The van der Waals surface area contributed by atoms with Crippen LogP contribution in [0.15, 0.2) is 18.2 Å². The van der Waals surface area contributed by atoms with E-state index in [0.717, 1.165) is 0 Å². The summed E-state index contributed by atoms with van der Waals surface area (Å²) in [5, 5.41) is 53.7. The summed E-state index contributed by atoms with van der Waals surface area (Å²) in [4.78, 5) is 39.7. The van der Waals surface area contributed by atoms with Gasteiger partial charge in [0.1, 0.15) is 29.5 Å². The number of phenolic OH excluding ortho intramolecular Hbond substituents is 2. The van der Waals surface area contributed by atoms with Crippen molar-refractivity contribution in [2.75, 3.05) is 13.7 Å². The lowest BCUT2D eigenvalue weighted by Crippen LogP contribution is -2.53. The number of Topliss-reactive ketones (excluding diaryl/α,β-unsaturated/α-hetero) is 1. The number of ether oxygens (including phenoxy) is 3. The molecule has 0 spiro atoms. The van der Waals surface area contributed by atoms with Crippen LogP contribution in [0.1, 0.15) is 68.8 Å². The van der Waals surface area contributed by atoms with Gasteiger partial charge in [0.05, 0.1) is 42.1 Å². The molecule has 0 amide bonds. The number of phenols is 2. The van der Waals surface area contributed by atoms with Crippen LogP contribution in [0.2, 0.25) is 0 Å². The van der Waals surface area contributed by atoms with Crippen molar-refractivity contribution in [3.8, 4) is 17.2 Å². The van der Waals surface area contributed by atoms with Gasteiger partial charge in [-0.15, -0.1) is 0 Å². The Balaban J connectivity index is 0.000000854. The lowest BCUT2D eigenvalue weighted by Gasteiger charge is -2.42. The second kappa shape index (κ2) is 13.0. The SMILES string of the molecule is COc1cccc2c1C(=O)c1c(O)c3c(c(O)c1C2=O)C[C@@](O)(C(=O)CO)C[C@@H]3OC1CC(N)C(O)C(C)O1.N.O=S(=O)(O)O. The number of aliphatic hydroxyl groups excluding tert-OH is 2. The summed E-state index contributed by atoms with van der Waals surface area (Å²) >= 11 is 0. The summed E-state index contributed by atoms with van der Waals surface area (Å²) in [5.41, 5.74) is 2.37. The standard InChI is InChI=1S/C27H29NO11.H3N.H2O4S/c1-10-22(31)13(28)6-17(38-10)39-15-8-27(36,16(30)9-29)7-12-19(15)26(35)21-20(24(12)33)23(32)11-4-3-5-14(37-2)18(11)25(21)34;;1-5(2,3)4/h3-5,10,13,15,17,22,29,31,33,35-36H,6-9,28H2,1-2H3;1H3;(H2,1,2,3,4)/t10?,13?,15-,17?,22?,27-;;/m0../s1. The topological polar surface area (TPSA) is 316 Å². The molecular formula is C27H34N2O15S. The van der Waals surface area contributed by atoms with Gasteiger partial charge < -0.3 is 51.6 Å². The monoisotopic (exact) mass is 658 g/mol. The van der Waals surface area contributed by atoms with Crippen molar-refractivity contribution in [2.45, 2.75) is 62.4 Å². The van der Waals surface area contributed by atoms with E-state index in [9.17, 15) is 39.9 Å². The van der Waals surface area contributed by atoms with Gasteiger partial charge in [-0.05, 0) is 13.0 Å². The summed E-state index contributed by atoms with van der Waals surface area (Å²) in [6.07, 6.45) is -5.12. The smallest absolute Gasteiger partial charge is 0.394 e. The Morgan fingerprint density at radius 3 is 2.27 bits per heavy atom. The molecule has 3 aliphatic rings. The maximum Gasteiger partial charge on any atom is 0.394 e. The lowest BCUT2D eigenvalue weighted by atomic mass is 9.72. The number of hydrogen-bond acceptors (Lipinski definition) is 15. The number of carbonyl (C=O) groups excluding carboxylic acids is 3. The van der Waals surface area contributed by atoms with Crippen LogP contribution in [0.25, 0.3) is 0 Å². The Kier molecular flexibility index (Phi) is 10.4. The number of fused-ring (bicyclic) bond motifs is 3. The number of aliphatic hydroxyl groups is 3. The van der Waals surface area contributed by atoms with Crippen LogP contribution in [-0.4, -0.2) is 104 Å². The highest BCUT2D eigenvalue weighted by Crippen LogP contribution is 2.52. The lowest BCUT2D eigenvalue weighted by molar-refractivity contribution is -0.247. The first kappa shape index (κ1) is 35.9. The van der Waals surface area contributed by atoms with E-state index >= 15 is 0 Å². The van der Waals surface area contributed by atoms with Crippen LogP contribution in [0.5, 0.6) is 17.2 Å². The van der Waals surface area contributed by atoms with Crippen molar-refractivity contribution < 1.29 is 71.7 Å². The second-order valence-electron chi connectivity index (χ2n) is 10.6. The fraction of sp³-hybridized carbons (Fsp3) is 0.444. The average Bonchev–Trinajstić information content (AvgIpc) is 2.94. The Morgan fingerprint density at radius 2 is 1.71 bits per heavy atom. The number of rotatable bonds is 5. The van der Waals surface area contributed by atoms with E-state index in [0.29, 0.717) is 0 Å². The Bertz CT molecular complexity index is 1610. The van der Waals surface area contributed by atoms with E-state index in [2.05, 4.69) is 0 Å². The second-order valence-corrected chi connectivity index (χ2v) is 11.5. The molecule has 45 heavy (non-hydrogen) atoms. The molecule has 0 bridgehead atoms. The third-order valence-electron chi connectivity index (χ3n) is 7.81. The predicted molar refractivity (Wildman–Crippen MR) is 151 cm³/mol. The highest BCUT2D eigenvalue weighted by molar-refractivity contribution is 7.79. The molecule has 2 aromatic carbocycles. The summed E-state index contributed by atoms with van der Waals surface area (Å²) < 4.78 is 48.6. The summed E-state index contributed by atoms with van der Waals surface area (Å²) in [7, 11) is -3.34. The normalized spacial score (nSPS) is 27.2. The number of methoxy groups -OCH3 is 1. The first-order chi connectivity index (χ1) is 20.4. The van der Waals surface area contributed by atoms with Crippen molar-refractivity contribution >= 4 is 27.7 Å². The zero-order valence-corrected chi connectivity index (χ0v) is 24.9. The van der Waals surface area contributed by atoms with Crippen LogP contribution in [0.4, 0.5) is 0 Å². The molecule has 1 aliphatic heterocycles. The van der Waals surface area contributed by atoms with E-state index in [1.54, 1.807) is 6.92 Å². The van der Waals surface area contributed by atoms with Crippen molar-refractivity contribution in [3.05, 3.63) is 51.6 Å². The molecule has 17 nitrogen and oxygen atoms in total. The van der Waals surface area contributed by atoms with E-state index in [1.807, 2.05) is 0 Å². The van der Waals surface area contributed by atoms with Crippen molar-refractivity contribution in [3.63, 3.8) is 0 Å². The number of nitrogens with two attached hydrogens (primary N) is 1. The number of carbonyl (C=O) groups is 3. The molecule has 18 heteroatoms. The Morgan fingerprint density at radius 1 is 1.11 bits per heavy atom. The van der Waals surface area contributed by atoms with Crippen LogP contribution < -0.4 is 16.6 Å². The van der Waals surface area contributed by atoms with Crippen LogP contribution >= 0.6 is 0 Å². The minimum atomic E-state index is -4.67. The third kappa shape index (κ3) is 6.70. The highest BCUT2D eigenvalue weighted by atomic mass is 32.3. The van der Waals surface area contributed by atoms with Crippen molar-refractivity contribution in [1.82, 2.24) is 6.15 Å². The molecule has 5 rings (SSSR count). The average molecular weight is 659 g/mol. The molecule has 2 aliphatic carbocycles. The van der Waals surface area contributed by atoms with Crippen LogP contribution in [-0.2, 0) is 31.1 Å². The quantitative estimate of drug-likeness (QED) is 0.123. The van der Waals surface area contributed by atoms with Crippen LogP contribution in [0, 0.1) is 0 Å². The van der Waals surface area contributed by atoms with Crippen LogP contribution in [0.3, 0.4) is 0 Å². The van der Waals surface area contributed by atoms with Gasteiger partial charge in [-0.1, -0.05) is 12.1 Å². The van der Waals surface area contributed by atoms with Gasteiger partial charge in [-0.3, -0.25) is 23.5 Å². The van der Waals surface area contributed by atoms with E-state index < -0.39 is 106 Å². The van der Waals surface area contributed by atoms with Crippen molar-refractivity contribution in [2.24, 2.45) is 5.73 Å². The van der Waals surface area contributed by atoms with Gasteiger partial charge in [-0.2, -0.15) is 8.42 Å². The maximum absolute atomic E-state index is 13.6. The number of ketones is 3. The summed E-state index contributed by atoms with van der Waals surface area (Å²) in [6, 6.07) is 3.64. The zero-order valence-electron chi connectivity index (χ0n) is 24.0. The van der Waals surface area contributed by atoms with Gasteiger partial charge in [0, 0.05) is 42.0 Å². The molecule has 1 fully saturated rings. The first-order valence-electron chi connectivity index (χ1n) is 13.1. The predicted octanol–water partition coefficient (Wildman–Crippen LogP) is -0.489. The number of benzene rings is 2. The molecule has 0 saturated carbocycles. The maximum atomic E-state index is 13.6. The Hall–Kier alpha value is -3.56. The molecule has 12 N–H and O–H groups in total. The van der Waals surface area contributed by atoms with E-state index in [4.69, 9.17) is 37.5 Å². The molecule has 248 valence electrons. The van der Waals surface area contributed by atoms with Gasteiger partial charge in [0.15, 0.2) is 17.9 Å². The summed E-state index contributed by atoms with van der Waals surface area (Å²) in [5.74, 6) is -3.77. The van der Waals surface area contributed by atoms with Gasteiger partial charge in [0.2, 0.25) is 5.78 Å². The fourth-order valence-corrected chi connectivity index (χ4v) is 5.75. The molecule has 1 saturated heterocycles. The molecule has 0 aromatic heterocycles. The van der Waals surface area contributed by atoms with Gasteiger partial charge in [-0.25, -0.2) is 0 Å². The third-order valence-corrected chi connectivity index (χ3v) is 7.81. The first-order valence-corrected chi connectivity index (χ1v) is 14.5. The van der Waals surface area contributed by atoms with E-state index in [1.165, 1.54) is 25.3 Å². The fourth-order valence-electron chi connectivity index (χ4n) is 5.75. The minimum Gasteiger partial charge on any atom is -0.507 e. The zero-order chi connectivity index (χ0) is 32.9. The summed E-state index contributed by atoms with van der Waals surface area (Å²) in [6.45, 7) is 0.560. The molecule has 2 aromatic rings. The Labute approximate surface area is 256 Å². The minimum absolute atomic E-state index is 0.